The van der Waals surface area contributed by atoms with Crippen LogP contribution in [0.4, 0.5) is 5.69 Å². The molecule has 4 aromatic rings. The molecule has 0 bridgehead atoms. The number of nitrogens with zero attached hydrogens (tertiary/aromatic N) is 2. The van der Waals surface area contributed by atoms with Crippen LogP contribution >= 0.6 is 0 Å². The third-order valence-corrected chi connectivity index (χ3v) is 4.78. The molecule has 0 aliphatic heterocycles. The number of pyridine rings is 2. The van der Waals surface area contributed by atoms with E-state index in [0.717, 1.165) is 33.5 Å². The standard InChI is InChI=1S/C23H21N3O2/c1-15-5-8-20(28-2)19(14-15)26-21(17-9-12-24-13-10-17)18-7-6-16-4-3-11-25-22(16)23(18)27/h3-14,21,26-27H,1-2H3/t21-/m0/s1. The number of aryl methyl sites for hydroxylation is 1. The Hall–Kier alpha value is -3.60. The zero-order valence-corrected chi connectivity index (χ0v) is 15.8. The number of fused-ring (bicyclic) bond motifs is 1. The molecule has 4 rings (SSSR count). The Balaban J connectivity index is 1.86. The minimum Gasteiger partial charge on any atom is -0.505 e. The Morgan fingerprint density at radius 3 is 2.61 bits per heavy atom. The predicted octanol–water partition coefficient (Wildman–Crippen LogP) is 4.85. The summed E-state index contributed by atoms with van der Waals surface area (Å²) in [7, 11) is 1.65. The van der Waals surface area contributed by atoms with Gasteiger partial charge in [-0.2, -0.15) is 0 Å². The van der Waals surface area contributed by atoms with Crippen molar-refractivity contribution in [2.24, 2.45) is 0 Å². The second-order valence-electron chi connectivity index (χ2n) is 6.64. The minimum atomic E-state index is -0.301. The minimum absolute atomic E-state index is 0.166. The van der Waals surface area contributed by atoms with Gasteiger partial charge in [-0.3, -0.25) is 9.97 Å². The fraction of sp³-hybridized carbons (Fsp3) is 0.130. The van der Waals surface area contributed by atoms with Crippen LogP contribution in [0.2, 0.25) is 0 Å². The summed E-state index contributed by atoms with van der Waals surface area (Å²) in [5, 5.41) is 15.4. The highest BCUT2D eigenvalue weighted by atomic mass is 16.5. The fourth-order valence-corrected chi connectivity index (χ4v) is 3.36. The summed E-state index contributed by atoms with van der Waals surface area (Å²) in [4.78, 5) is 8.48. The van der Waals surface area contributed by atoms with Gasteiger partial charge in [-0.15, -0.1) is 0 Å². The number of ether oxygens (including phenoxy) is 1. The van der Waals surface area contributed by atoms with Gasteiger partial charge in [0.1, 0.15) is 17.0 Å². The van der Waals surface area contributed by atoms with Gasteiger partial charge < -0.3 is 15.2 Å². The number of nitrogens with one attached hydrogen (secondary N) is 1. The summed E-state index contributed by atoms with van der Waals surface area (Å²) in [5.41, 5.74) is 4.26. The van der Waals surface area contributed by atoms with Crippen LogP contribution in [0.5, 0.6) is 11.5 Å². The Bertz CT molecular complexity index is 1110. The van der Waals surface area contributed by atoms with Gasteiger partial charge in [-0.1, -0.05) is 24.3 Å². The molecular formula is C23H21N3O2. The third-order valence-electron chi connectivity index (χ3n) is 4.78. The number of methoxy groups -OCH3 is 1. The van der Waals surface area contributed by atoms with E-state index >= 15 is 0 Å². The van der Waals surface area contributed by atoms with Crippen LogP contribution in [0.25, 0.3) is 10.9 Å². The number of hydrogen-bond acceptors (Lipinski definition) is 5. The number of phenols is 1. The van der Waals surface area contributed by atoms with E-state index in [4.69, 9.17) is 4.74 Å². The predicted molar refractivity (Wildman–Crippen MR) is 111 cm³/mol. The van der Waals surface area contributed by atoms with Crippen molar-refractivity contribution < 1.29 is 9.84 Å². The van der Waals surface area contributed by atoms with Crippen LogP contribution in [0.1, 0.15) is 22.7 Å². The van der Waals surface area contributed by atoms with Crippen LogP contribution in [0.3, 0.4) is 0 Å². The van der Waals surface area contributed by atoms with Gasteiger partial charge in [0.05, 0.1) is 18.8 Å². The maximum atomic E-state index is 11.0. The quantitative estimate of drug-likeness (QED) is 0.525. The van der Waals surface area contributed by atoms with E-state index in [1.165, 1.54) is 0 Å². The summed E-state index contributed by atoms with van der Waals surface area (Å²) in [6, 6.07) is 17.2. The number of rotatable bonds is 5. The first-order valence-corrected chi connectivity index (χ1v) is 9.05. The maximum Gasteiger partial charge on any atom is 0.147 e. The van der Waals surface area contributed by atoms with Gasteiger partial charge >= 0.3 is 0 Å². The first-order valence-electron chi connectivity index (χ1n) is 9.05. The molecule has 0 radical (unpaired) electrons. The zero-order valence-electron chi connectivity index (χ0n) is 15.8. The second-order valence-corrected chi connectivity index (χ2v) is 6.64. The normalized spacial score (nSPS) is 11.9. The van der Waals surface area contributed by atoms with Crippen LogP contribution in [-0.4, -0.2) is 22.2 Å². The van der Waals surface area contributed by atoms with E-state index in [1.54, 1.807) is 25.7 Å². The van der Waals surface area contributed by atoms with Gasteiger partial charge in [0, 0.05) is 29.5 Å². The average molecular weight is 371 g/mol. The Morgan fingerprint density at radius 2 is 1.82 bits per heavy atom. The molecule has 2 aromatic carbocycles. The first-order chi connectivity index (χ1) is 13.7. The topological polar surface area (TPSA) is 67.3 Å². The summed E-state index contributed by atoms with van der Waals surface area (Å²) < 4.78 is 5.52. The molecular weight excluding hydrogens is 350 g/mol. The molecule has 0 aliphatic carbocycles. The number of benzene rings is 2. The fourth-order valence-electron chi connectivity index (χ4n) is 3.36. The molecule has 5 nitrogen and oxygen atoms in total. The van der Waals surface area contributed by atoms with Crippen LogP contribution in [0.15, 0.2) is 73.2 Å². The van der Waals surface area contributed by atoms with Crippen molar-refractivity contribution in [2.45, 2.75) is 13.0 Å². The number of aromatic nitrogens is 2. The molecule has 0 unspecified atom stereocenters. The molecule has 140 valence electrons. The molecule has 5 heteroatoms. The van der Waals surface area contributed by atoms with E-state index in [1.807, 2.05) is 61.5 Å². The molecule has 0 saturated carbocycles. The molecule has 2 N–H and O–H groups in total. The summed E-state index contributed by atoms with van der Waals surface area (Å²) >= 11 is 0. The van der Waals surface area contributed by atoms with Crippen molar-refractivity contribution >= 4 is 16.6 Å². The van der Waals surface area contributed by atoms with Crippen LogP contribution in [-0.2, 0) is 0 Å². The lowest BCUT2D eigenvalue weighted by atomic mass is 9.96. The largest absolute Gasteiger partial charge is 0.505 e. The van der Waals surface area contributed by atoms with Crippen molar-refractivity contribution in [3.05, 3.63) is 89.9 Å². The smallest absolute Gasteiger partial charge is 0.147 e. The lowest BCUT2D eigenvalue weighted by Gasteiger charge is -2.23. The van der Waals surface area contributed by atoms with E-state index < -0.39 is 0 Å². The number of aromatic hydroxyl groups is 1. The lowest BCUT2D eigenvalue weighted by molar-refractivity contribution is 0.416. The van der Waals surface area contributed by atoms with Crippen molar-refractivity contribution in [3.8, 4) is 11.5 Å². The summed E-state index contributed by atoms with van der Waals surface area (Å²) in [6.07, 6.45) is 5.17. The van der Waals surface area contributed by atoms with E-state index in [-0.39, 0.29) is 11.8 Å². The highest BCUT2D eigenvalue weighted by Crippen LogP contribution is 2.38. The van der Waals surface area contributed by atoms with Crippen LogP contribution < -0.4 is 10.1 Å². The molecule has 0 amide bonds. The first kappa shape index (κ1) is 17.8. The van der Waals surface area contributed by atoms with Crippen LogP contribution in [0, 0.1) is 6.92 Å². The number of hydrogen-bond donors (Lipinski definition) is 2. The van der Waals surface area contributed by atoms with Gasteiger partial charge in [-0.05, 0) is 48.4 Å². The monoisotopic (exact) mass is 371 g/mol. The van der Waals surface area contributed by atoms with E-state index in [9.17, 15) is 5.11 Å². The Labute approximate surface area is 163 Å². The van der Waals surface area contributed by atoms with Gasteiger partial charge in [0.15, 0.2) is 0 Å². The SMILES string of the molecule is COc1ccc(C)cc1N[C@@H](c1ccncc1)c1ccc2cccnc2c1O. The molecule has 28 heavy (non-hydrogen) atoms. The van der Waals surface area contributed by atoms with Gasteiger partial charge in [0.2, 0.25) is 0 Å². The molecule has 0 spiro atoms. The third kappa shape index (κ3) is 3.34. The van der Waals surface area contributed by atoms with Crippen molar-refractivity contribution in [1.29, 1.82) is 0 Å². The van der Waals surface area contributed by atoms with Crippen molar-refractivity contribution in [2.75, 3.05) is 12.4 Å². The van der Waals surface area contributed by atoms with E-state index in [0.29, 0.717) is 5.52 Å². The van der Waals surface area contributed by atoms with E-state index in [2.05, 4.69) is 15.3 Å². The number of anilines is 1. The highest BCUT2D eigenvalue weighted by molar-refractivity contribution is 5.86. The molecule has 0 fully saturated rings. The zero-order chi connectivity index (χ0) is 19.5. The molecule has 2 heterocycles. The molecule has 0 aliphatic rings. The maximum absolute atomic E-state index is 11.0. The van der Waals surface area contributed by atoms with Gasteiger partial charge in [-0.25, -0.2) is 0 Å². The van der Waals surface area contributed by atoms with Crippen molar-refractivity contribution in [3.63, 3.8) is 0 Å². The summed E-state index contributed by atoms with van der Waals surface area (Å²) in [5.74, 6) is 0.905. The average Bonchev–Trinajstić information content (AvgIpc) is 2.74. The Morgan fingerprint density at radius 1 is 1.00 bits per heavy atom. The number of phenolic OH excluding ortho intramolecular Hbond substituents is 1. The lowest BCUT2D eigenvalue weighted by Crippen LogP contribution is -2.13. The molecule has 0 saturated heterocycles. The second kappa shape index (κ2) is 7.56. The Kier molecular flexibility index (Phi) is 4.81. The molecule has 1 atom stereocenters. The molecule has 2 aromatic heterocycles. The summed E-state index contributed by atoms with van der Waals surface area (Å²) in [6.45, 7) is 2.03. The highest BCUT2D eigenvalue weighted by Gasteiger charge is 2.21. The van der Waals surface area contributed by atoms with Gasteiger partial charge in [0.25, 0.3) is 0 Å². The van der Waals surface area contributed by atoms with Crippen molar-refractivity contribution in [1.82, 2.24) is 9.97 Å².